The van der Waals surface area contributed by atoms with Crippen LogP contribution in [0.15, 0.2) is 0 Å². The van der Waals surface area contributed by atoms with Gasteiger partial charge in [0.15, 0.2) is 5.60 Å². The predicted molar refractivity (Wildman–Crippen MR) is 71.8 cm³/mol. The lowest BCUT2D eigenvalue weighted by molar-refractivity contribution is -0.179. The van der Waals surface area contributed by atoms with E-state index in [-0.39, 0.29) is 11.1 Å². The molecule has 1 saturated heterocycles. The molecule has 4 nitrogen and oxygen atoms in total. The van der Waals surface area contributed by atoms with Gasteiger partial charge in [0.1, 0.15) is 0 Å². The summed E-state index contributed by atoms with van der Waals surface area (Å²) in [6.45, 7) is 10.7. The molecule has 0 radical (unpaired) electrons. The molecule has 0 aromatic carbocycles. The van der Waals surface area contributed by atoms with Gasteiger partial charge in [-0.1, -0.05) is 13.3 Å². The fourth-order valence-electron chi connectivity index (χ4n) is 3.22. The van der Waals surface area contributed by atoms with Gasteiger partial charge in [-0.25, -0.2) is 4.79 Å². The van der Waals surface area contributed by atoms with Crippen LogP contribution >= 0.6 is 0 Å². The molecule has 0 spiro atoms. The van der Waals surface area contributed by atoms with Crippen molar-refractivity contribution in [1.82, 2.24) is 5.32 Å². The number of unbranched alkanes of at least 4 members (excludes halogenated alkanes) is 1. The van der Waals surface area contributed by atoms with Gasteiger partial charge in [-0.15, -0.1) is 0 Å². The molecule has 1 aliphatic rings. The zero-order chi connectivity index (χ0) is 14.0. The molecule has 0 aliphatic carbocycles. The number of hydrogen-bond acceptors (Lipinski definition) is 3. The van der Waals surface area contributed by atoms with Crippen molar-refractivity contribution >= 4 is 5.97 Å². The van der Waals surface area contributed by atoms with E-state index in [0.717, 1.165) is 12.8 Å². The Labute approximate surface area is 110 Å². The van der Waals surface area contributed by atoms with Gasteiger partial charge in [0.2, 0.25) is 0 Å². The van der Waals surface area contributed by atoms with E-state index in [0.29, 0.717) is 19.4 Å². The Hall–Kier alpha value is -0.610. The van der Waals surface area contributed by atoms with E-state index in [2.05, 4.69) is 12.2 Å². The van der Waals surface area contributed by atoms with Gasteiger partial charge in [0.05, 0.1) is 0 Å². The zero-order valence-electron chi connectivity index (χ0n) is 12.3. The summed E-state index contributed by atoms with van der Waals surface area (Å²) in [4.78, 5) is 11.7. The smallest absolute Gasteiger partial charge is 0.336 e. The first-order valence-corrected chi connectivity index (χ1v) is 6.79. The Kier molecular flexibility index (Phi) is 4.44. The van der Waals surface area contributed by atoms with Gasteiger partial charge in [-0.05, 0) is 34.1 Å². The van der Waals surface area contributed by atoms with Gasteiger partial charge < -0.3 is 15.2 Å². The molecule has 1 heterocycles. The van der Waals surface area contributed by atoms with E-state index in [1.54, 1.807) is 0 Å². The Bertz CT molecular complexity index is 294. The molecule has 1 rings (SSSR count). The maximum atomic E-state index is 11.7. The highest BCUT2D eigenvalue weighted by atomic mass is 16.5. The van der Waals surface area contributed by atoms with Crippen LogP contribution in [0.2, 0.25) is 0 Å². The van der Waals surface area contributed by atoms with Gasteiger partial charge in [0.25, 0.3) is 0 Å². The molecule has 106 valence electrons. The molecule has 2 N–H and O–H groups in total. The Balaban J connectivity index is 2.91. The number of carboxylic acids is 1. The number of carboxylic acid groups (broad SMARTS) is 1. The van der Waals surface area contributed by atoms with Gasteiger partial charge >= 0.3 is 5.97 Å². The highest BCUT2D eigenvalue weighted by Gasteiger charge is 2.52. The molecule has 0 bridgehead atoms. The third kappa shape index (κ3) is 3.69. The van der Waals surface area contributed by atoms with E-state index in [1.165, 1.54) is 0 Å². The topological polar surface area (TPSA) is 58.6 Å². The van der Waals surface area contributed by atoms with Crippen LogP contribution in [0.1, 0.15) is 60.3 Å². The first-order chi connectivity index (χ1) is 8.13. The maximum absolute atomic E-state index is 11.7. The van der Waals surface area contributed by atoms with Crippen LogP contribution in [0.25, 0.3) is 0 Å². The first kappa shape index (κ1) is 15.4. The van der Waals surface area contributed by atoms with Crippen molar-refractivity contribution < 1.29 is 14.6 Å². The van der Waals surface area contributed by atoms with E-state index >= 15 is 0 Å². The van der Waals surface area contributed by atoms with Crippen LogP contribution in [-0.2, 0) is 9.53 Å². The molecule has 18 heavy (non-hydrogen) atoms. The van der Waals surface area contributed by atoms with E-state index in [4.69, 9.17) is 4.74 Å². The number of hydrogen-bond donors (Lipinski definition) is 2. The second-order valence-electron chi connectivity index (χ2n) is 6.75. The van der Waals surface area contributed by atoms with Crippen LogP contribution in [0.5, 0.6) is 0 Å². The summed E-state index contributed by atoms with van der Waals surface area (Å²) >= 11 is 0. The second kappa shape index (κ2) is 5.17. The largest absolute Gasteiger partial charge is 0.479 e. The van der Waals surface area contributed by atoms with Gasteiger partial charge in [-0.2, -0.15) is 0 Å². The second-order valence-corrected chi connectivity index (χ2v) is 6.75. The summed E-state index contributed by atoms with van der Waals surface area (Å²) in [7, 11) is 0. The van der Waals surface area contributed by atoms with Crippen LogP contribution < -0.4 is 5.32 Å². The van der Waals surface area contributed by atoms with Gasteiger partial charge in [-0.3, -0.25) is 0 Å². The van der Waals surface area contributed by atoms with Crippen LogP contribution in [-0.4, -0.2) is 34.4 Å². The Morgan fingerprint density at radius 2 is 1.72 bits per heavy atom. The summed E-state index contributed by atoms with van der Waals surface area (Å²) in [5.41, 5.74) is -1.51. The standard InChI is InChI=1S/C14H27NO3/c1-6-7-8-18-14(11(16)17)9-12(2,3)15-13(4,5)10-14/h15H,6-10H2,1-5H3,(H,16,17). The number of ether oxygens (including phenoxy) is 1. The number of nitrogens with one attached hydrogen (secondary N) is 1. The lowest BCUT2D eigenvalue weighted by Gasteiger charge is -2.50. The molecular formula is C14H27NO3. The molecule has 0 atom stereocenters. The number of carbonyl (C=O) groups is 1. The third-order valence-corrected chi connectivity index (χ3v) is 3.40. The van der Waals surface area contributed by atoms with Crippen molar-refractivity contribution in [3.8, 4) is 0 Å². The fourth-order valence-corrected chi connectivity index (χ4v) is 3.22. The quantitative estimate of drug-likeness (QED) is 0.743. The summed E-state index contributed by atoms with van der Waals surface area (Å²) in [5, 5.41) is 13.1. The first-order valence-electron chi connectivity index (χ1n) is 6.79. The van der Waals surface area contributed by atoms with Crippen molar-refractivity contribution in [3.05, 3.63) is 0 Å². The average molecular weight is 257 g/mol. The van der Waals surface area contributed by atoms with Crippen molar-refractivity contribution in [2.45, 2.75) is 77.0 Å². The highest BCUT2D eigenvalue weighted by molar-refractivity contribution is 5.78. The summed E-state index contributed by atoms with van der Waals surface area (Å²) in [6.07, 6.45) is 2.93. The molecule has 4 heteroatoms. The minimum Gasteiger partial charge on any atom is -0.479 e. The zero-order valence-corrected chi connectivity index (χ0v) is 12.3. The summed E-state index contributed by atoms with van der Waals surface area (Å²) in [5.74, 6) is -0.832. The predicted octanol–water partition coefficient (Wildman–Crippen LogP) is 2.57. The van der Waals surface area contributed by atoms with Crippen molar-refractivity contribution in [2.75, 3.05) is 6.61 Å². The maximum Gasteiger partial charge on any atom is 0.336 e. The molecule has 0 aromatic rings. The van der Waals surface area contributed by atoms with Gasteiger partial charge in [0, 0.05) is 30.5 Å². The third-order valence-electron chi connectivity index (χ3n) is 3.40. The van der Waals surface area contributed by atoms with Crippen molar-refractivity contribution in [3.63, 3.8) is 0 Å². The van der Waals surface area contributed by atoms with E-state index < -0.39 is 11.6 Å². The number of piperidine rings is 1. The molecule has 0 aromatic heterocycles. The highest BCUT2D eigenvalue weighted by Crippen LogP contribution is 2.38. The summed E-state index contributed by atoms with van der Waals surface area (Å²) in [6, 6.07) is 0. The van der Waals surface area contributed by atoms with Crippen LogP contribution in [0.3, 0.4) is 0 Å². The monoisotopic (exact) mass is 257 g/mol. The van der Waals surface area contributed by atoms with Crippen LogP contribution in [0.4, 0.5) is 0 Å². The lowest BCUT2D eigenvalue weighted by Crippen LogP contribution is -2.66. The molecule has 1 aliphatic heterocycles. The fraction of sp³-hybridized carbons (Fsp3) is 0.929. The Morgan fingerprint density at radius 3 is 2.11 bits per heavy atom. The molecular weight excluding hydrogens is 230 g/mol. The number of rotatable bonds is 5. The molecule has 1 fully saturated rings. The SMILES string of the molecule is CCCCOC1(C(=O)O)CC(C)(C)NC(C)(C)C1. The number of aliphatic carboxylic acids is 1. The normalized spacial score (nSPS) is 24.7. The van der Waals surface area contributed by atoms with Crippen LogP contribution in [0, 0.1) is 0 Å². The van der Waals surface area contributed by atoms with E-state index in [9.17, 15) is 9.90 Å². The minimum absolute atomic E-state index is 0.230. The minimum atomic E-state index is -1.05. The molecule has 0 amide bonds. The Morgan fingerprint density at radius 1 is 1.22 bits per heavy atom. The molecule has 0 unspecified atom stereocenters. The lowest BCUT2D eigenvalue weighted by atomic mass is 9.72. The van der Waals surface area contributed by atoms with E-state index in [1.807, 2.05) is 27.7 Å². The average Bonchev–Trinajstić information content (AvgIpc) is 2.12. The van der Waals surface area contributed by atoms with Crippen molar-refractivity contribution in [2.24, 2.45) is 0 Å². The molecule has 0 saturated carbocycles. The summed E-state index contributed by atoms with van der Waals surface area (Å²) < 4.78 is 5.80. The van der Waals surface area contributed by atoms with Crippen molar-refractivity contribution in [1.29, 1.82) is 0 Å².